The van der Waals surface area contributed by atoms with Gasteiger partial charge in [0.25, 0.3) is 0 Å². The zero-order valence-electron chi connectivity index (χ0n) is 39.8. The van der Waals surface area contributed by atoms with Gasteiger partial charge in [0.2, 0.25) is 70.9 Å². The van der Waals surface area contributed by atoms with Gasteiger partial charge >= 0.3 is 11.9 Å². The van der Waals surface area contributed by atoms with Crippen LogP contribution < -0.4 is 60.6 Å². The molecule has 0 unspecified atom stereocenters. The van der Waals surface area contributed by atoms with Crippen LogP contribution in [-0.2, 0) is 67.1 Å². The number of carbonyl (C=O) groups is 14. The van der Waals surface area contributed by atoms with Crippen LogP contribution in [0.2, 0.25) is 0 Å². The number of hydrogen-bond donors (Lipinski definition) is 13. The average Bonchev–Trinajstić information content (AvgIpc) is 3.99. The highest BCUT2D eigenvalue weighted by molar-refractivity contribution is 5.99. The summed E-state index contributed by atoms with van der Waals surface area (Å²) >= 11 is 0. The van der Waals surface area contributed by atoms with Crippen LogP contribution in [-0.4, -0.2) is 170 Å². The van der Waals surface area contributed by atoms with Crippen molar-refractivity contribution in [2.75, 3.05) is 13.1 Å². The minimum absolute atomic E-state index is 0.0273. The van der Waals surface area contributed by atoms with Gasteiger partial charge in [-0.1, -0.05) is 13.8 Å². The number of carboxylic acids is 2. The van der Waals surface area contributed by atoms with Crippen molar-refractivity contribution in [3.05, 3.63) is 0 Å². The number of nitrogens with zero attached hydrogens (tertiary/aromatic N) is 2. The van der Waals surface area contributed by atoms with E-state index < -0.39 is 162 Å². The van der Waals surface area contributed by atoms with Gasteiger partial charge < -0.3 is 80.6 Å². The fourth-order valence-corrected chi connectivity index (χ4v) is 7.72. The molecule has 0 aliphatic carbocycles. The molecule has 2 fully saturated rings. The molecule has 0 spiro atoms. The number of carboxylic acid groups (broad SMARTS) is 2. The minimum Gasteiger partial charge on any atom is -0.481 e. The summed E-state index contributed by atoms with van der Waals surface area (Å²) in [6.07, 6.45) is -3.03. The Balaban J connectivity index is 2.26. The van der Waals surface area contributed by atoms with Crippen molar-refractivity contribution < 1.29 is 77.3 Å². The van der Waals surface area contributed by atoms with Gasteiger partial charge in [-0.25, -0.2) is 4.79 Å². The molecular weight excluding hydrogens is 943 g/mol. The van der Waals surface area contributed by atoms with Gasteiger partial charge in [0.15, 0.2) is 0 Å². The van der Waals surface area contributed by atoms with Crippen molar-refractivity contribution in [1.29, 1.82) is 0 Å². The third kappa shape index (κ3) is 19.5. The van der Waals surface area contributed by atoms with Crippen LogP contribution >= 0.6 is 0 Å². The summed E-state index contributed by atoms with van der Waals surface area (Å²) in [5.74, 6) is -14.6. The molecule has 12 amide bonds. The maximum Gasteiger partial charge on any atom is 0.326 e. The zero-order chi connectivity index (χ0) is 53.9. The predicted molar refractivity (Wildman–Crippen MR) is 243 cm³/mol. The molecule has 18 N–H and O–H groups in total. The van der Waals surface area contributed by atoms with E-state index in [1.165, 1.54) is 13.8 Å². The van der Waals surface area contributed by atoms with Gasteiger partial charge in [-0.3, -0.25) is 62.3 Å². The van der Waals surface area contributed by atoms with Crippen molar-refractivity contribution >= 4 is 82.8 Å². The molecule has 2 aliphatic rings. The number of likely N-dealkylation sites (tertiary alicyclic amines) is 2. The Morgan fingerprint density at radius 3 is 1.39 bits per heavy atom. The van der Waals surface area contributed by atoms with Gasteiger partial charge in [0, 0.05) is 38.8 Å². The van der Waals surface area contributed by atoms with Gasteiger partial charge in [-0.05, 0) is 64.2 Å². The molecule has 0 aromatic heterocycles. The van der Waals surface area contributed by atoms with E-state index in [4.69, 9.17) is 28.7 Å². The Morgan fingerprint density at radius 1 is 0.507 bits per heavy atom. The number of hydrogen-bond acceptors (Lipinski definition) is 15. The van der Waals surface area contributed by atoms with Crippen LogP contribution in [0.1, 0.15) is 104 Å². The molecule has 2 saturated heterocycles. The number of carbonyl (C=O) groups excluding carboxylic acids is 12. The van der Waals surface area contributed by atoms with Crippen molar-refractivity contribution in [2.24, 2.45) is 34.6 Å². The normalized spacial score (nSPS) is 18.3. The molecule has 29 heteroatoms. The molecule has 0 aromatic carbocycles. The van der Waals surface area contributed by atoms with Crippen molar-refractivity contribution in [3.8, 4) is 0 Å². The Bertz CT molecular complexity index is 2050. The lowest BCUT2D eigenvalue weighted by Gasteiger charge is -2.30. The molecule has 2 aliphatic heterocycles. The highest BCUT2D eigenvalue weighted by Gasteiger charge is 2.41. The van der Waals surface area contributed by atoms with Crippen LogP contribution in [0.15, 0.2) is 0 Å². The molecule has 2 heterocycles. The van der Waals surface area contributed by atoms with E-state index in [1.807, 2.05) is 0 Å². The lowest BCUT2D eigenvalue weighted by atomic mass is 10.0. The summed E-state index contributed by atoms with van der Waals surface area (Å²) in [5, 5.41) is 33.4. The molecule has 29 nitrogen and oxygen atoms in total. The largest absolute Gasteiger partial charge is 0.481 e. The minimum atomic E-state index is -1.93. The molecule has 2 rings (SSSR count). The van der Waals surface area contributed by atoms with Gasteiger partial charge in [0.1, 0.15) is 48.3 Å². The first-order chi connectivity index (χ1) is 33.1. The average molecular weight is 1010 g/mol. The first-order valence-electron chi connectivity index (χ1n) is 22.9. The van der Waals surface area contributed by atoms with Crippen LogP contribution in [0.25, 0.3) is 0 Å². The third-order valence-corrected chi connectivity index (χ3v) is 11.6. The van der Waals surface area contributed by atoms with E-state index in [9.17, 15) is 77.3 Å². The van der Waals surface area contributed by atoms with Crippen molar-refractivity contribution in [1.82, 2.24) is 41.7 Å². The molecule has 0 radical (unpaired) electrons. The fourth-order valence-electron chi connectivity index (χ4n) is 7.72. The SMILES string of the molecule is CC(C)[C@H](NC(=O)[C@H](C)NC(=O)[C@H](CC(=O)O)NC(=O)[C@H](CCC(N)=O)NC(=O)[C@@H]1CCCN1C(=O)[C@H](CCC(N)=O)NC(=O)[C@@H](N)CCC(N)=O)C(=O)N[C@@H](CCC(N)=O)C(=O)N1CCC[C@H]1C(=O)O. The van der Waals surface area contributed by atoms with Crippen LogP contribution in [0.3, 0.4) is 0 Å². The number of aliphatic carboxylic acids is 2. The predicted octanol–water partition coefficient (Wildman–Crippen LogP) is -6.50. The van der Waals surface area contributed by atoms with E-state index >= 15 is 0 Å². The summed E-state index contributed by atoms with van der Waals surface area (Å²) in [7, 11) is 0. The van der Waals surface area contributed by atoms with E-state index in [-0.39, 0.29) is 70.9 Å². The Kier molecular flexibility index (Phi) is 23.8. The van der Waals surface area contributed by atoms with Gasteiger partial charge in [0.05, 0.1) is 12.5 Å². The van der Waals surface area contributed by atoms with Crippen LogP contribution in [0.4, 0.5) is 0 Å². The monoisotopic (exact) mass is 1010 g/mol. The van der Waals surface area contributed by atoms with E-state index in [1.54, 1.807) is 0 Å². The summed E-state index contributed by atoms with van der Waals surface area (Å²) < 4.78 is 0. The Hall–Kier alpha value is -7.46. The number of nitrogens with two attached hydrogens (primary N) is 5. The van der Waals surface area contributed by atoms with Crippen LogP contribution in [0, 0.1) is 5.92 Å². The molecule has 0 saturated carbocycles. The van der Waals surface area contributed by atoms with Crippen molar-refractivity contribution in [2.45, 2.75) is 159 Å². The van der Waals surface area contributed by atoms with E-state index in [0.29, 0.717) is 6.42 Å². The smallest absolute Gasteiger partial charge is 0.326 e. The number of nitrogens with one attached hydrogen (secondary N) is 6. The quantitative estimate of drug-likeness (QED) is 0.0318. The maximum atomic E-state index is 13.8. The summed E-state index contributed by atoms with van der Waals surface area (Å²) in [6, 6.07) is -13.1. The Labute approximate surface area is 407 Å². The fraction of sp³-hybridized carbons (Fsp3) is 0.667. The first-order valence-corrected chi connectivity index (χ1v) is 22.9. The summed E-state index contributed by atoms with van der Waals surface area (Å²) in [6.45, 7) is 4.25. The van der Waals surface area contributed by atoms with Crippen molar-refractivity contribution in [3.63, 3.8) is 0 Å². The highest BCUT2D eigenvalue weighted by atomic mass is 16.4. The number of primary amides is 4. The maximum absolute atomic E-state index is 13.8. The summed E-state index contributed by atoms with van der Waals surface area (Å²) in [5.41, 5.74) is 26.8. The lowest BCUT2D eigenvalue weighted by molar-refractivity contribution is -0.149. The van der Waals surface area contributed by atoms with E-state index in [2.05, 4.69) is 31.9 Å². The topological polar surface area (TPSA) is 488 Å². The van der Waals surface area contributed by atoms with Gasteiger partial charge in [-0.15, -0.1) is 0 Å². The third-order valence-electron chi connectivity index (χ3n) is 11.6. The second-order valence-corrected chi connectivity index (χ2v) is 17.6. The number of rotatable bonds is 30. The summed E-state index contributed by atoms with van der Waals surface area (Å²) in [4.78, 5) is 180. The standard InChI is InChI=1S/C42H67N13O16/c1-19(2)33(39(67)51-24(11-15-31(47)59)41(69)55-17-5-7-27(55)42(70)71)53-34(62)20(3)48-37(65)25(18-32(60)61)52-36(64)22(9-13-29(45)57)49-38(66)26-6-4-16-54(26)40(68)23(10-14-30(46)58)50-35(63)21(43)8-12-28(44)56/h19-27,33H,4-18,43H2,1-3H3,(H2,44,56)(H2,45,57)(H2,46,58)(H2,47,59)(H,48,65)(H,49,66)(H,50,63)(H,51,67)(H,52,64)(H,53,62)(H,60,61)(H,70,71)/t20-,21-,22-,23-,24-,25-,26-,27-,33-/m0/s1. The molecule has 396 valence electrons. The molecule has 0 aromatic rings. The molecular formula is C42H67N13O16. The molecule has 9 atom stereocenters. The lowest BCUT2D eigenvalue weighted by Crippen LogP contribution is -2.60. The second-order valence-electron chi connectivity index (χ2n) is 17.6. The molecule has 0 bridgehead atoms. The van der Waals surface area contributed by atoms with Gasteiger partial charge in [-0.2, -0.15) is 0 Å². The van der Waals surface area contributed by atoms with E-state index in [0.717, 1.165) is 16.7 Å². The molecule has 71 heavy (non-hydrogen) atoms. The first kappa shape index (κ1) is 59.7. The second kappa shape index (κ2) is 28.3. The highest BCUT2D eigenvalue weighted by Crippen LogP contribution is 2.22. The van der Waals surface area contributed by atoms with Crippen LogP contribution in [0.5, 0.6) is 0 Å². The number of amides is 12. The zero-order valence-corrected chi connectivity index (χ0v) is 39.8. The Morgan fingerprint density at radius 2 is 0.930 bits per heavy atom.